The molecule has 0 heterocycles. The highest BCUT2D eigenvalue weighted by Crippen LogP contribution is 2.48. The molecule has 1 saturated carbocycles. The normalized spacial score (nSPS) is 27.9. The molecule has 0 amide bonds. The molecule has 148 valence electrons. The van der Waals surface area contributed by atoms with E-state index in [2.05, 4.69) is 13.0 Å². The Morgan fingerprint density at radius 1 is 1.12 bits per heavy atom. The summed E-state index contributed by atoms with van der Waals surface area (Å²) < 4.78 is 0. The second kappa shape index (κ2) is 10.3. The number of unbranched alkanes of at least 4 members (excludes halogenated alkanes) is 2. The van der Waals surface area contributed by atoms with Gasteiger partial charge in [-0.3, -0.25) is 0 Å². The minimum atomic E-state index is -0.251. The fourth-order valence-corrected chi connectivity index (χ4v) is 4.98. The quantitative estimate of drug-likeness (QED) is 0.608. The maximum atomic E-state index is 10.6. The van der Waals surface area contributed by atoms with Gasteiger partial charge in [-0.2, -0.15) is 0 Å². The number of rotatable bonds is 7. The van der Waals surface area contributed by atoms with Crippen molar-refractivity contribution in [3.63, 3.8) is 0 Å². The van der Waals surface area contributed by atoms with E-state index in [0.29, 0.717) is 23.5 Å². The molecule has 0 aliphatic heterocycles. The third kappa shape index (κ3) is 5.01. The van der Waals surface area contributed by atoms with Crippen LogP contribution in [0.25, 0.3) is 0 Å². The SMILES string of the molecule is CC.CCCCC[C@H](O)CCC1[C@H](O)C[C@@H]2Cc3c(O)cccc3C[C@H]12. The van der Waals surface area contributed by atoms with Crippen molar-refractivity contribution in [2.45, 2.75) is 90.8 Å². The summed E-state index contributed by atoms with van der Waals surface area (Å²) in [6.07, 6.45) is 8.31. The van der Waals surface area contributed by atoms with E-state index in [1.165, 1.54) is 18.4 Å². The lowest BCUT2D eigenvalue weighted by Gasteiger charge is -2.32. The van der Waals surface area contributed by atoms with Gasteiger partial charge >= 0.3 is 0 Å². The molecule has 0 aromatic heterocycles. The lowest BCUT2D eigenvalue weighted by molar-refractivity contribution is 0.0869. The maximum Gasteiger partial charge on any atom is 0.119 e. The summed E-state index contributed by atoms with van der Waals surface area (Å²) in [5, 5.41) is 30.8. The van der Waals surface area contributed by atoms with Gasteiger partial charge in [-0.15, -0.1) is 0 Å². The van der Waals surface area contributed by atoms with E-state index in [1.54, 1.807) is 6.07 Å². The van der Waals surface area contributed by atoms with Crippen LogP contribution in [0.5, 0.6) is 5.75 Å². The van der Waals surface area contributed by atoms with Gasteiger partial charge in [0.15, 0.2) is 0 Å². The number of hydrogen-bond donors (Lipinski definition) is 3. The second-order valence-corrected chi connectivity index (χ2v) is 7.94. The van der Waals surface area contributed by atoms with Crippen molar-refractivity contribution in [3.8, 4) is 5.75 Å². The maximum absolute atomic E-state index is 10.6. The van der Waals surface area contributed by atoms with Crippen LogP contribution in [0, 0.1) is 17.8 Å². The first-order valence-electron chi connectivity index (χ1n) is 10.8. The van der Waals surface area contributed by atoms with Gasteiger partial charge in [-0.1, -0.05) is 52.2 Å². The number of aliphatic hydroxyl groups excluding tert-OH is 2. The molecular formula is C23H38O3. The van der Waals surface area contributed by atoms with Crippen LogP contribution in [0.3, 0.4) is 0 Å². The zero-order chi connectivity index (χ0) is 19.1. The number of phenols is 1. The Kier molecular flexibility index (Phi) is 8.43. The molecule has 2 aliphatic carbocycles. The van der Waals surface area contributed by atoms with Crippen LogP contribution in [-0.2, 0) is 12.8 Å². The molecule has 0 saturated heterocycles. The lowest BCUT2D eigenvalue weighted by Crippen LogP contribution is -2.27. The fourth-order valence-electron chi connectivity index (χ4n) is 4.98. The van der Waals surface area contributed by atoms with E-state index < -0.39 is 0 Å². The molecule has 0 spiro atoms. The van der Waals surface area contributed by atoms with E-state index in [-0.39, 0.29) is 12.2 Å². The van der Waals surface area contributed by atoms with Crippen molar-refractivity contribution >= 4 is 0 Å². The number of phenolic OH excluding ortho intramolecular Hbond substituents is 1. The molecule has 1 fully saturated rings. The second-order valence-electron chi connectivity index (χ2n) is 7.94. The molecular weight excluding hydrogens is 324 g/mol. The summed E-state index contributed by atoms with van der Waals surface area (Å²) in [5.41, 5.74) is 2.34. The standard InChI is InChI=1S/C21H32O3.C2H6/c1-2-3-4-7-16(22)9-10-17-18-11-14-6-5-8-20(23)19(14)12-15(18)13-21(17)24;1-2/h5-6,8,15-18,21-24H,2-4,7,9-13H2,1H3;1-2H3/t15-,16-,17?,18-,21+;/m0./s1. The van der Waals surface area contributed by atoms with E-state index in [9.17, 15) is 15.3 Å². The Morgan fingerprint density at radius 3 is 2.62 bits per heavy atom. The first kappa shape index (κ1) is 21.2. The molecule has 3 N–H and O–H groups in total. The van der Waals surface area contributed by atoms with Gasteiger partial charge in [0, 0.05) is 0 Å². The number of aromatic hydroxyl groups is 1. The number of fused-ring (bicyclic) bond motifs is 2. The molecule has 2 aliphatic rings. The number of benzene rings is 1. The molecule has 3 rings (SSSR count). The summed E-state index contributed by atoms with van der Waals surface area (Å²) >= 11 is 0. The highest BCUT2D eigenvalue weighted by molar-refractivity contribution is 5.42. The van der Waals surface area contributed by atoms with Crippen LogP contribution in [0.15, 0.2) is 18.2 Å². The molecule has 1 unspecified atom stereocenters. The first-order chi connectivity index (χ1) is 12.6. The Bertz CT molecular complexity index is 542. The molecule has 1 aromatic rings. The molecule has 0 radical (unpaired) electrons. The van der Waals surface area contributed by atoms with Gasteiger partial charge in [0.1, 0.15) is 5.75 Å². The molecule has 3 nitrogen and oxygen atoms in total. The van der Waals surface area contributed by atoms with Crippen molar-refractivity contribution < 1.29 is 15.3 Å². The highest BCUT2D eigenvalue weighted by Gasteiger charge is 2.44. The summed E-state index contributed by atoms with van der Waals surface area (Å²) in [7, 11) is 0. The minimum absolute atomic E-state index is 0.220. The third-order valence-corrected chi connectivity index (χ3v) is 6.34. The van der Waals surface area contributed by atoms with E-state index in [0.717, 1.165) is 50.5 Å². The fraction of sp³-hybridized carbons (Fsp3) is 0.739. The van der Waals surface area contributed by atoms with Crippen LogP contribution < -0.4 is 0 Å². The van der Waals surface area contributed by atoms with Gasteiger partial charge in [0.25, 0.3) is 0 Å². The third-order valence-electron chi connectivity index (χ3n) is 6.34. The summed E-state index contributed by atoms with van der Waals surface area (Å²) in [6, 6.07) is 5.81. The predicted molar refractivity (Wildman–Crippen MR) is 107 cm³/mol. The van der Waals surface area contributed by atoms with Crippen molar-refractivity contribution in [1.29, 1.82) is 0 Å². The Hall–Kier alpha value is -1.06. The van der Waals surface area contributed by atoms with Crippen molar-refractivity contribution in [3.05, 3.63) is 29.3 Å². The first-order valence-corrected chi connectivity index (χ1v) is 10.8. The van der Waals surface area contributed by atoms with E-state index >= 15 is 0 Å². The highest BCUT2D eigenvalue weighted by atomic mass is 16.3. The summed E-state index contributed by atoms with van der Waals surface area (Å²) in [6.45, 7) is 6.18. The Labute approximate surface area is 159 Å². The number of aliphatic hydroxyl groups is 2. The van der Waals surface area contributed by atoms with Crippen molar-refractivity contribution in [2.75, 3.05) is 0 Å². The van der Waals surface area contributed by atoms with Gasteiger partial charge in [0.2, 0.25) is 0 Å². The van der Waals surface area contributed by atoms with E-state index in [1.807, 2.05) is 19.9 Å². The lowest BCUT2D eigenvalue weighted by atomic mass is 9.73. The predicted octanol–water partition coefficient (Wildman–Crippen LogP) is 4.85. The van der Waals surface area contributed by atoms with Crippen LogP contribution in [-0.4, -0.2) is 27.5 Å². The van der Waals surface area contributed by atoms with Crippen LogP contribution in [0.4, 0.5) is 0 Å². The molecule has 3 heteroatoms. The summed E-state index contributed by atoms with van der Waals surface area (Å²) in [5.74, 6) is 1.68. The molecule has 0 bridgehead atoms. The number of hydrogen-bond acceptors (Lipinski definition) is 3. The van der Waals surface area contributed by atoms with Crippen LogP contribution >= 0.6 is 0 Å². The smallest absolute Gasteiger partial charge is 0.119 e. The van der Waals surface area contributed by atoms with Gasteiger partial charge in [-0.25, -0.2) is 0 Å². The van der Waals surface area contributed by atoms with Gasteiger partial charge in [0.05, 0.1) is 12.2 Å². The largest absolute Gasteiger partial charge is 0.508 e. The van der Waals surface area contributed by atoms with Crippen LogP contribution in [0.1, 0.15) is 76.8 Å². The average molecular weight is 363 g/mol. The van der Waals surface area contributed by atoms with Crippen LogP contribution in [0.2, 0.25) is 0 Å². The average Bonchev–Trinajstić information content (AvgIpc) is 2.95. The Morgan fingerprint density at radius 2 is 1.88 bits per heavy atom. The topological polar surface area (TPSA) is 60.7 Å². The Balaban J connectivity index is 0.00000117. The minimum Gasteiger partial charge on any atom is -0.508 e. The molecule has 26 heavy (non-hydrogen) atoms. The molecule has 5 atom stereocenters. The van der Waals surface area contributed by atoms with Crippen molar-refractivity contribution in [2.24, 2.45) is 17.8 Å². The zero-order valence-corrected chi connectivity index (χ0v) is 16.8. The van der Waals surface area contributed by atoms with E-state index in [4.69, 9.17) is 0 Å². The summed E-state index contributed by atoms with van der Waals surface area (Å²) in [4.78, 5) is 0. The molecule has 1 aromatic carbocycles. The monoisotopic (exact) mass is 362 g/mol. The van der Waals surface area contributed by atoms with Crippen molar-refractivity contribution in [1.82, 2.24) is 0 Å². The van der Waals surface area contributed by atoms with Gasteiger partial charge < -0.3 is 15.3 Å². The van der Waals surface area contributed by atoms with Gasteiger partial charge in [-0.05, 0) is 73.5 Å². The zero-order valence-electron chi connectivity index (χ0n) is 16.8.